The first-order valence-corrected chi connectivity index (χ1v) is 10.5. The van der Waals surface area contributed by atoms with Crippen molar-refractivity contribution in [2.75, 3.05) is 0 Å². The molecular weight excluding hydrogens is 379 g/mol. The number of carbonyl (C=O) groups excluding carboxylic acids is 2. The van der Waals surface area contributed by atoms with Crippen molar-refractivity contribution in [3.8, 4) is 0 Å². The maximum Gasteiger partial charge on any atom is 0.276 e. The van der Waals surface area contributed by atoms with Gasteiger partial charge in [-0.05, 0) is 43.8 Å². The van der Waals surface area contributed by atoms with Gasteiger partial charge in [0.1, 0.15) is 11.9 Å². The maximum absolute atomic E-state index is 14.7. The molecule has 3 rings (SSSR count). The molecule has 2 atom stereocenters. The quantitative estimate of drug-likeness (QED) is 0.763. The number of halogens is 1. The minimum atomic E-state index is -1.06. The average Bonchev–Trinajstić information content (AvgIpc) is 3.40. The Morgan fingerprint density at radius 3 is 2.64 bits per heavy atom. The van der Waals surface area contributed by atoms with E-state index in [1.807, 2.05) is 13.8 Å². The summed E-state index contributed by atoms with van der Waals surface area (Å²) in [5.41, 5.74) is 0.357. The van der Waals surface area contributed by atoms with E-state index >= 15 is 0 Å². The minimum absolute atomic E-state index is 0.0663. The second-order valence-corrected chi connectivity index (χ2v) is 7.78. The summed E-state index contributed by atoms with van der Waals surface area (Å²) in [6.45, 7) is 3.78. The Hall–Kier alpha value is -2.35. The van der Waals surface area contributed by atoms with E-state index in [9.17, 15) is 14.0 Å². The van der Waals surface area contributed by atoms with Gasteiger partial charge in [-0.2, -0.15) is 0 Å². The highest BCUT2D eigenvalue weighted by Crippen LogP contribution is 2.29. The van der Waals surface area contributed by atoms with Crippen LogP contribution in [0, 0.1) is 5.82 Å². The molecule has 1 N–H and O–H groups in total. The van der Waals surface area contributed by atoms with Crippen LogP contribution in [0.1, 0.15) is 68.0 Å². The third-order valence-corrected chi connectivity index (χ3v) is 5.81. The van der Waals surface area contributed by atoms with E-state index in [1.54, 1.807) is 23.6 Å². The number of amides is 2. The molecule has 0 saturated heterocycles. The maximum atomic E-state index is 14.7. The molecule has 1 heterocycles. The van der Waals surface area contributed by atoms with Crippen LogP contribution in [0.5, 0.6) is 0 Å². The van der Waals surface area contributed by atoms with Gasteiger partial charge in [0.25, 0.3) is 5.91 Å². The predicted octanol–water partition coefficient (Wildman–Crippen LogP) is 3.72. The smallest absolute Gasteiger partial charge is 0.276 e. The van der Waals surface area contributed by atoms with E-state index in [1.165, 1.54) is 11.0 Å². The molecule has 0 unspecified atom stereocenters. The summed E-state index contributed by atoms with van der Waals surface area (Å²) in [5, 5.41) is 8.44. The van der Waals surface area contributed by atoms with E-state index in [-0.39, 0.29) is 29.2 Å². The van der Waals surface area contributed by atoms with Crippen molar-refractivity contribution < 1.29 is 14.0 Å². The molecule has 28 heavy (non-hydrogen) atoms. The first-order chi connectivity index (χ1) is 13.5. The van der Waals surface area contributed by atoms with E-state index in [4.69, 9.17) is 0 Å². The second-order valence-electron chi connectivity index (χ2n) is 7.17. The van der Waals surface area contributed by atoms with E-state index < -0.39 is 17.8 Å². The van der Waals surface area contributed by atoms with Gasteiger partial charge >= 0.3 is 0 Å². The lowest BCUT2D eigenvalue weighted by Crippen LogP contribution is -2.49. The lowest BCUT2D eigenvalue weighted by atomic mass is 9.99. The van der Waals surface area contributed by atoms with Gasteiger partial charge in [0.05, 0.1) is 0 Å². The molecule has 8 heteroatoms. The Bertz CT molecular complexity index is 808. The highest BCUT2D eigenvalue weighted by atomic mass is 32.1. The van der Waals surface area contributed by atoms with Gasteiger partial charge in [0.2, 0.25) is 5.91 Å². The highest BCUT2D eigenvalue weighted by Gasteiger charge is 2.38. The molecule has 0 aliphatic heterocycles. The van der Waals surface area contributed by atoms with Crippen molar-refractivity contribution >= 4 is 23.3 Å². The zero-order chi connectivity index (χ0) is 20.1. The van der Waals surface area contributed by atoms with Crippen LogP contribution in [0.2, 0.25) is 0 Å². The molecule has 0 bridgehead atoms. The Morgan fingerprint density at radius 2 is 2.04 bits per heavy atom. The zero-order valence-electron chi connectivity index (χ0n) is 16.1. The van der Waals surface area contributed by atoms with Crippen molar-refractivity contribution in [3.63, 3.8) is 0 Å². The van der Waals surface area contributed by atoms with Gasteiger partial charge in [-0.15, -0.1) is 5.10 Å². The summed E-state index contributed by atoms with van der Waals surface area (Å²) in [4.78, 5) is 27.9. The van der Waals surface area contributed by atoms with Crippen LogP contribution < -0.4 is 5.32 Å². The van der Waals surface area contributed by atoms with Crippen LogP contribution >= 0.6 is 11.5 Å². The molecule has 1 aliphatic rings. The fourth-order valence-electron chi connectivity index (χ4n) is 3.62. The first kappa shape index (κ1) is 20.4. The van der Waals surface area contributed by atoms with Crippen LogP contribution in [0.25, 0.3) is 0 Å². The van der Waals surface area contributed by atoms with Crippen LogP contribution in [-0.4, -0.2) is 38.4 Å². The molecule has 1 aromatic carbocycles. The Balaban J connectivity index is 2.02. The topological polar surface area (TPSA) is 75.2 Å². The zero-order valence-corrected chi connectivity index (χ0v) is 16.9. The molecule has 6 nitrogen and oxygen atoms in total. The summed E-state index contributed by atoms with van der Waals surface area (Å²) in [6.07, 6.45) is 4.55. The number of rotatable bonds is 7. The van der Waals surface area contributed by atoms with Gasteiger partial charge in [0.15, 0.2) is 5.69 Å². The van der Waals surface area contributed by atoms with Crippen molar-refractivity contribution in [1.29, 1.82) is 0 Å². The number of aromatic nitrogens is 2. The number of hydrogen-bond acceptors (Lipinski definition) is 5. The molecule has 1 aromatic heterocycles. The largest absolute Gasteiger partial charge is 0.351 e. The molecule has 2 aromatic rings. The lowest BCUT2D eigenvalue weighted by Gasteiger charge is -2.36. The van der Waals surface area contributed by atoms with E-state index in [0.717, 1.165) is 37.2 Å². The molecular formula is C20H25FN4O2S. The molecule has 1 aliphatic carbocycles. The third kappa shape index (κ3) is 4.38. The number of hydrogen-bond donors (Lipinski definition) is 1. The first-order valence-electron chi connectivity index (χ1n) is 9.67. The number of benzene rings is 1. The molecule has 0 spiro atoms. The van der Waals surface area contributed by atoms with Crippen molar-refractivity contribution in [3.05, 3.63) is 46.7 Å². The average molecular weight is 405 g/mol. The summed E-state index contributed by atoms with van der Waals surface area (Å²) in [5.74, 6) is -1.28. The van der Waals surface area contributed by atoms with E-state index in [0.29, 0.717) is 6.42 Å². The number of nitrogens with zero attached hydrogens (tertiary/aromatic N) is 3. The minimum Gasteiger partial charge on any atom is -0.351 e. The predicted molar refractivity (Wildman–Crippen MR) is 105 cm³/mol. The molecule has 1 fully saturated rings. The number of carbonyl (C=O) groups is 2. The fraction of sp³-hybridized carbons (Fsp3) is 0.500. The fourth-order valence-corrected chi connectivity index (χ4v) is 4.05. The third-order valence-electron chi connectivity index (χ3n) is 5.31. The Kier molecular flexibility index (Phi) is 6.72. The summed E-state index contributed by atoms with van der Waals surface area (Å²) >= 11 is 1.07. The van der Waals surface area contributed by atoms with Crippen LogP contribution in [0.3, 0.4) is 0 Å². The molecule has 2 amide bonds. The normalized spacial score (nSPS) is 16.5. The van der Waals surface area contributed by atoms with Gasteiger partial charge in [-0.1, -0.05) is 42.5 Å². The standard InChI is InChI=1S/C20H25FN4O2S/c1-3-13(2)25(20(27)17-12-28-24-23-17)18(15-10-6-7-11-16(15)21)19(26)22-14-8-4-5-9-14/h6-7,10-14,18H,3-5,8-9H2,1-2H3,(H,22,26)/t13-,18+/m1/s1. The van der Waals surface area contributed by atoms with E-state index in [2.05, 4.69) is 14.9 Å². The van der Waals surface area contributed by atoms with Crippen LogP contribution in [-0.2, 0) is 4.79 Å². The van der Waals surface area contributed by atoms with Gasteiger partial charge in [-0.25, -0.2) is 4.39 Å². The van der Waals surface area contributed by atoms with Crippen molar-refractivity contribution in [2.24, 2.45) is 0 Å². The molecule has 150 valence electrons. The van der Waals surface area contributed by atoms with Gasteiger partial charge in [0, 0.05) is 23.0 Å². The Labute approximate surface area is 168 Å². The lowest BCUT2D eigenvalue weighted by molar-refractivity contribution is -0.127. The van der Waals surface area contributed by atoms with Crippen LogP contribution in [0.15, 0.2) is 29.6 Å². The Morgan fingerprint density at radius 1 is 1.32 bits per heavy atom. The van der Waals surface area contributed by atoms with Gasteiger partial charge < -0.3 is 10.2 Å². The molecule has 1 saturated carbocycles. The summed E-state index contributed by atoms with van der Waals surface area (Å²) < 4.78 is 18.5. The van der Waals surface area contributed by atoms with Crippen LogP contribution in [0.4, 0.5) is 4.39 Å². The highest BCUT2D eigenvalue weighted by molar-refractivity contribution is 7.03. The summed E-state index contributed by atoms with van der Waals surface area (Å²) in [7, 11) is 0. The second kappa shape index (κ2) is 9.23. The van der Waals surface area contributed by atoms with Gasteiger partial charge in [-0.3, -0.25) is 9.59 Å². The summed E-state index contributed by atoms with van der Waals surface area (Å²) in [6, 6.07) is 4.85. The van der Waals surface area contributed by atoms with Crippen molar-refractivity contribution in [2.45, 2.75) is 64.1 Å². The number of nitrogens with one attached hydrogen (secondary N) is 1. The monoisotopic (exact) mass is 404 g/mol. The molecule has 0 radical (unpaired) electrons. The van der Waals surface area contributed by atoms with Crippen molar-refractivity contribution in [1.82, 2.24) is 19.8 Å². The SMILES string of the molecule is CC[C@@H](C)N(C(=O)c1csnn1)[C@H](C(=O)NC1CCCC1)c1ccccc1F.